The van der Waals surface area contributed by atoms with Gasteiger partial charge in [0.25, 0.3) is 0 Å². The highest BCUT2D eigenvalue weighted by Crippen LogP contribution is 2.25. The molecule has 0 aromatic carbocycles. The molecule has 0 radical (unpaired) electrons. The molecule has 0 heterocycles. The van der Waals surface area contributed by atoms with Crippen molar-refractivity contribution in [1.29, 1.82) is 0 Å². The Hall–Kier alpha value is 0.0700. The molecule has 11 heavy (non-hydrogen) atoms. The van der Waals surface area contributed by atoms with E-state index < -0.39 is 11.1 Å². The Morgan fingerprint density at radius 1 is 1.64 bits per heavy atom. The minimum absolute atomic E-state index is 0.303. The molecule has 1 aliphatic carbocycles. The van der Waals surface area contributed by atoms with Gasteiger partial charge in [-0.2, -0.15) is 0 Å². The fourth-order valence-electron chi connectivity index (χ4n) is 1.13. The van der Waals surface area contributed by atoms with Crippen molar-refractivity contribution < 1.29 is 8.76 Å². The van der Waals surface area contributed by atoms with Crippen LogP contribution in [0.15, 0.2) is 0 Å². The summed E-state index contributed by atoms with van der Waals surface area (Å²) in [6, 6.07) is 0.745. The van der Waals surface area contributed by atoms with E-state index in [0.29, 0.717) is 5.75 Å². The number of hydrogen-bond acceptors (Lipinski definition) is 3. The zero-order chi connectivity index (χ0) is 8.27. The summed E-state index contributed by atoms with van der Waals surface area (Å²) in [5.74, 6) is 0.303. The van der Waals surface area contributed by atoms with Gasteiger partial charge in [-0.1, -0.05) is 11.1 Å². The van der Waals surface area contributed by atoms with Crippen LogP contribution in [0.25, 0.3) is 0 Å². The number of rotatable bonds is 5. The van der Waals surface area contributed by atoms with E-state index in [4.69, 9.17) is 0 Å². The highest BCUT2D eigenvalue weighted by molar-refractivity contribution is 7.79. The number of nitrogens with zero attached hydrogens (tertiary/aromatic N) is 1. The molecule has 0 aliphatic heterocycles. The molecule has 1 unspecified atom stereocenters. The van der Waals surface area contributed by atoms with Gasteiger partial charge in [-0.05, 0) is 32.9 Å². The third kappa shape index (κ3) is 3.84. The Morgan fingerprint density at radius 3 is 2.73 bits per heavy atom. The first-order chi connectivity index (χ1) is 5.20. The molecule has 4 heteroatoms. The van der Waals surface area contributed by atoms with Crippen LogP contribution in [-0.4, -0.2) is 39.0 Å². The fourth-order valence-corrected chi connectivity index (χ4v) is 1.49. The lowest BCUT2D eigenvalue weighted by atomic mass is 10.4. The zero-order valence-corrected chi connectivity index (χ0v) is 7.60. The summed E-state index contributed by atoms with van der Waals surface area (Å²) in [7, 11) is 2.06. The summed E-state index contributed by atoms with van der Waals surface area (Å²) in [5, 5.41) is 0. The standard InChI is InChI=1S/C7H15NO2S/c1-8(7-3-4-7)5-2-6-11(9)10/h7H,2-6H2,1H3,(H,9,10)/p-1. The lowest BCUT2D eigenvalue weighted by Crippen LogP contribution is -2.23. The summed E-state index contributed by atoms with van der Waals surface area (Å²) < 4.78 is 20.3. The van der Waals surface area contributed by atoms with Crippen molar-refractivity contribution in [3.05, 3.63) is 0 Å². The van der Waals surface area contributed by atoms with Crippen LogP contribution in [0.4, 0.5) is 0 Å². The SMILES string of the molecule is CN(CCCS(=O)[O-])C1CC1. The topological polar surface area (TPSA) is 43.4 Å². The van der Waals surface area contributed by atoms with Gasteiger partial charge >= 0.3 is 0 Å². The zero-order valence-electron chi connectivity index (χ0n) is 6.78. The van der Waals surface area contributed by atoms with Gasteiger partial charge in [-0.15, -0.1) is 0 Å². The third-order valence-corrected chi connectivity index (χ3v) is 2.61. The first-order valence-corrected chi connectivity index (χ1v) is 5.20. The second kappa shape index (κ2) is 4.18. The molecule has 3 nitrogen and oxygen atoms in total. The van der Waals surface area contributed by atoms with E-state index in [1.807, 2.05) is 0 Å². The summed E-state index contributed by atoms with van der Waals surface area (Å²) in [6.07, 6.45) is 3.34. The molecule has 1 saturated carbocycles. The van der Waals surface area contributed by atoms with E-state index in [-0.39, 0.29) is 0 Å². The lowest BCUT2D eigenvalue weighted by molar-refractivity contribution is 0.325. The molecule has 0 saturated heterocycles. The molecule has 0 bridgehead atoms. The van der Waals surface area contributed by atoms with Crippen LogP contribution < -0.4 is 0 Å². The maximum absolute atomic E-state index is 10.1. The number of hydrogen-bond donors (Lipinski definition) is 0. The summed E-state index contributed by atoms with van der Waals surface area (Å²) in [4.78, 5) is 2.24. The maximum atomic E-state index is 10.1. The molecular formula is C7H14NO2S-. The summed E-state index contributed by atoms with van der Waals surface area (Å²) in [5.41, 5.74) is 0. The van der Waals surface area contributed by atoms with Crippen LogP contribution in [0.1, 0.15) is 19.3 Å². The van der Waals surface area contributed by atoms with Gasteiger partial charge < -0.3 is 9.45 Å². The highest BCUT2D eigenvalue weighted by atomic mass is 32.2. The molecule has 1 rings (SSSR count). The quantitative estimate of drug-likeness (QED) is 0.568. The van der Waals surface area contributed by atoms with Crippen molar-refractivity contribution in [3.8, 4) is 0 Å². The molecule has 0 N–H and O–H groups in total. The van der Waals surface area contributed by atoms with Crippen LogP contribution >= 0.6 is 0 Å². The Balaban J connectivity index is 1.97. The Morgan fingerprint density at radius 2 is 2.27 bits per heavy atom. The first kappa shape index (κ1) is 9.16. The van der Waals surface area contributed by atoms with E-state index in [1.165, 1.54) is 12.8 Å². The van der Waals surface area contributed by atoms with Crippen molar-refractivity contribution >= 4 is 11.1 Å². The van der Waals surface area contributed by atoms with E-state index in [9.17, 15) is 8.76 Å². The normalized spacial score (nSPS) is 20.6. The van der Waals surface area contributed by atoms with Gasteiger partial charge in [0.15, 0.2) is 0 Å². The molecule has 66 valence electrons. The minimum atomic E-state index is -1.85. The molecule has 1 atom stereocenters. The van der Waals surface area contributed by atoms with Crippen LogP contribution in [0.5, 0.6) is 0 Å². The van der Waals surface area contributed by atoms with E-state index in [1.54, 1.807) is 0 Å². The fraction of sp³-hybridized carbons (Fsp3) is 1.00. The smallest absolute Gasteiger partial charge is 0.0114 e. The maximum Gasteiger partial charge on any atom is 0.0114 e. The van der Waals surface area contributed by atoms with E-state index in [0.717, 1.165) is 19.0 Å². The lowest BCUT2D eigenvalue weighted by Gasteiger charge is -2.15. The van der Waals surface area contributed by atoms with Crippen molar-refractivity contribution in [1.82, 2.24) is 4.90 Å². The van der Waals surface area contributed by atoms with Gasteiger partial charge in [-0.25, -0.2) is 0 Å². The summed E-state index contributed by atoms with van der Waals surface area (Å²) in [6.45, 7) is 0.915. The largest absolute Gasteiger partial charge is 0.772 e. The van der Waals surface area contributed by atoms with Gasteiger partial charge in [0.05, 0.1) is 0 Å². The molecule has 0 amide bonds. The molecule has 1 fully saturated rings. The summed E-state index contributed by atoms with van der Waals surface area (Å²) >= 11 is -1.85. The van der Waals surface area contributed by atoms with Crippen LogP contribution in [0, 0.1) is 0 Å². The molecule has 1 aliphatic rings. The first-order valence-electron chi connectivity index (χ1n) is 3.96. The minimum Gasteiger partial charge on any atom is -0.772 e. The van der Waals surface area contributed by atoms with Crippen LogP contribution in [0.2, 0.25) is 0 Å². The third-order valence-electron chi connectivity index (χ3n) is 1.99. The predicted molar refractivity (Wildman–Crippen MR) is 44.1 cm³/mol. The Labute approximate surface area is 70.1 Å². The average molecular weight is 176 g/mol. The highest BCUT2D eigenvalue weighted by Gasteiger charge is 2.25. The van der Waals surface area contributed by atoms with Gasteiger partial charge in [0, 0.05) is 11.8 Å². The molecular weight excluding hydrogens is 162 g/mol. The van der Waals surface area contributed by atoms with Gasteiger partial charge in [0.2, 0.25) is 0 Å². The Kier molecular flexibility index (Phi) is 3.48. The van der Waals surface area contributed by atoms with E-state index >= 15 is 0 Å². The van der Waals surface area contributed by atoms with Crippen LogP contribution in [0.3, 0.4) is 0 Å². The van der Waals surface area contributed by atoms with Crippen LogP contribution in [-0.2, 0) is 11.1 Å². The monoisotopic (exact) mass is 176 g/mol. The molecule has 0 spiro atoms. The van der Waals surface area contributed by atoms with Crippen molar-refractivity contribution in [2.75, 3.05) is 19.3 Å². The second-order valence-corrected chi connectivity index (χ2v) is 4.09. The van der Waals surface area contributed by atoms with Crippen molar-refractivity contribution in [3.63, 3.8) is 0 Å². The van der Waals surface area contributed by atoms with Gasteiger partial charge in [-0.3, -0.25) is 4.21 Å². The van der Waals surface area contributed by atoms with Gasteiger partial charge in [0.1, 0.15) is 0 Å². The van der Waals surface area contributed by atoms with Crippen molar-refractivity contribution in [2.45, 2.75) is 25.3 Å². The molecule has 0 aromatic heterocycles. The van der Waals surface area contributed by atoms with Crippen molar-refractivity contribution in [2.24, 2.45) is 0 Å². The Bertz CT molecular complexity index is 147. The predicted octanol–water partition coefficient (Wildman–Crippen LogP) is 0.350. The average Bonchev–Trinajstić information content (AvgIpc) is 2.66. The molecule has 0 aromatic rings. The second-order valence-electron chi connectivity index (χ2n) is 3.07. The van der Waals surface area contributed by atoms with E-state index in [2.05, 4.69) is 11.9 Å².